The Labute approximate surface area is 111 Å². The molecule has 0 saturated carbocycles. The van der Waals surface area contributed by atoms with Gasteiger partial charge in [-0.25, -0.2) is 4.98 Å². The largest absolute Gasteiger partial charge is 0.338 e. The van der Waals surface area contributed by atoms with Crippen LogP contribution in [0, 0.1) is 0 Å². The summed E-state index contributed by atoms with van der Waals surface area (Å²) in [6.07, 6.45) is 4.84. The minimum atomic E-state index is 0.612. The van der Waals surface area contributed by atoms with Crippen molar-refractivity contribution >= 4 is 0 Å². The second-order valence-corrected chi connectivity index (χ2v) is 5.38. The van der Waals surface area contributed by atoms with Crippen LogP contribution in [0.2, 0.25) is 0 Å². The normalized spacial score (nSPS) is 12.0. The molecule has 0 fully saturated rings. The van der Waals surface area contributed by atoms with E-state index in [1.165, 1.54) is 0 Å². The zero-order valence-corrected chi connectivity index (χ0v) is 12.5. The van der Waals surface area contributed by atoms with Gasteiger partial charge in [-0.3, -0.25) is 4.90 Å². The van der Waals surface area contributed by atoms with E-state index in [0.717, 1.165) is 31.9 Å². The average Bonchev–Trinajstić information content (AvgIpc) is 2.68. The summed E-state index contributed by atoms with van der Waals surface area (Å²) in [6.45, 7) is 12.2. The van der Waals surface area contributed by atoms with Crippen LogP contribution in [-0.2, 0) is 13.5 Å². The Balaban J connectivity index is 2.17. The van der Waals surface area contributed by atoms with Crippen molar-refractivity contribution in [2.24, 2.45) is 7.05 Å². The first-order chi connectivity index (χ1) is 8.52. The quantitative estimate of drug-likeness (QED) is 0.715. The molecule has 0 spiro atoms. The van der Waals surface area contributed by atoms with Crippen molar-refractivity contribution < 1.29 is 0 Å². The second-order valence-electron chi connectivity index (χ2n) is 5.38. The van der Waals surface area contributed by atoms with Crippen LogP contribution >= 0.6 is 0 Å². The Kier molecular flexibility index (Phi) is 6.36. The van der Waals surface area contributed by atoms with E-state index in [4.69, 9.17) is 0 Å². The molecule has 0 aliphatic carbocycles. The van der Waals surface area contributed by atoms with Crippen LogP contribution in [0.1, 0.15) is 33.5 Å². The topological polar surface area (TPSA) is 33.1 Å². The van der Waals surface area contributed by atoms with Gasteiger partial charge in [-0.15, -0.1) is 0 Å². The van der Waals surface area contributed by atoms with Crippen molar-refractivity contribution in [3.05, 3.63) is 18.2 Å². The summed E-state index contributed by atoms with van der Waals surface area (Å²) in [5.41, 5.74) is 0. The van der Waals surface area contributed by atoms with Gasteiger partial charge in [-0.05, 0) is 27.7 Å². The number of nitrogens with one attached hydrogen (secondary N) is 1. The Morgan fingerprint density at radius 3 is 2.39 bits per heavy atom. The fourth-order valence-electron chi connectivity index (χ4n) is 2.28. The molecule has 104 valence electrons. The van der Waals surface area contributed by atoms with E-state index >= 15 is 0 Å². The molecule has 0 aliphatic heterocycles. The third-order valence-electron chi connectivity index (χ3n) is 3.32. The van der Waals surface area contributed by atoms with E-state index in [2.05, 4.69) is 47.5 Å². The predicted molar refractivity (Wildman–Crippen MR) is 76.8 cm³/mol. The fraction of sp³-hybridized carbons (Fsp3) is 0.786. The van der Waals surface area contributed by atoms with Crippen LogP contribution in [0.15, 0.2) is 12.4 Å². The van der Waals surface area contributed by atoms with Crippen molar-refractivity contribution in [2.75, 3.05) is 19.6 Å². The maximum absolute atomic E-state index is 4.32. The first kappa shape index (κ1) is 15.2. The molecular weight excluding hydrogens is 224 g/mol. The van der Waals surface area contributed by atoms with E-state index < -0.39 is 0 Å². The molecule has 1 aromatic heterocycles. The molecule has 0 atom stereocenters. The summed E-state index contributed by atoms with van der Waals surface area (Å²) < 4.78 is 2.08. The van der Waals surface area contributed by atoms with Crippen LogP contribution in [0.4, 0.5) is 0 Å². The minimum absolute atomic E-state index is 0.612. The van der Waals surface area contributed by atoms with E-state index in [0.29, 0.717) is 12.1 Å². The molecule has 0 bridgehead atoms. The number of rotatable bonds is 8. The van der Waals surface area contributed by atoms with Crippen LogP contribution in [-0.4, -0.2) is 46.2 Å². The zero-order valence-electron chi connectivity index (χ0n) is 12.5. The molecular formula is C14H28N4. The van der Waals surface area contributed by atoms with E-state index in [-0.39, 0.29) is 0 Å². The molecule has 1 rings (SSSR count). The van der Waals surface area contributed by atoms with Crippen LogP contribution < -0.4 is 5.32 Å². The van der Waals surface area contributed by atoms with Gasteiger partial charge in [0.2, 0.25) is 0 Å². The molecule has 0 aromatic carbocycles. The Hall–Kier alpha value is -0.870. The van der Waals surface area contributed by atoms with Gasteiger partial charge in [0, 0.05) is 57.6 Å². The van der Waals surface area contributed by atoms with Gasteiger partial charge in [0.05, 0.1) is 0 Å². The molecule has 4 heteroatoms. The standard InChI is InChI=1S/C14H28N4/c1-12(2)18(13(3)4)11-8-15-7-6-14-16-9-10-17(14)5/h9-10,12-13,15H,6-8,11H2,1-5H3. The van der Waals surface area contributed by atoms with Gasteiger partial charge < -0.3 is 9.88 Å². The molecule has 0 saturated heterocycles. The lowest BCUT2D eigenvalue weighted by Gasteiger charge is -2.30. The maximum Gasteiger partial charge on any atom is 0.109 e. The van der Waals surface area contributed by atoms with Crippen LogP contribution in [0.5, 0.6) is 0 Å². The molecule has 1 heterocycles. The lowest BCUT2D eigenvalue weighted by molar-refractivity contribution is 0.176. The SMILES string of the molecule is CC(C)N(CCNCCc1nccn1C)C(C)C. The van der Waals surface area contributed by atoms with Crippen molar-refractivity contribution in [1.29, 1.82) is 0 Å². The summed E-state index contributed by atoms with van der Waals surface area (Å²) >= 11 is 0. The highest BCUT2D eigenvalue weighted by Crippen LogP contribution is 2.03. The average molecular weight is 252 g/mol. The van der Waals surface area contributed by atoms with Gasteiger partial charge in [-0.1, -0.05) is 0 Å². The first-order valence-corrected chi connectivity index (χ1v) is 6.95. The van der Waals surface area contributed by atoms with Gasteiger partial charge in [0.25, 0.3) is 0 Å². The highest BCUT2D eigenvalue weighted by Gasteiger charge is 2.11. The van der Waals surface area contributed by atoms with E-state index in [9.17, 15) is 0 Å². The smallest absolute Gasteiger partial charge is 0.109 e. The summed E-state index contributed by atoms with van der Waals surface area (Å²) in [5.74, 6) is 1.15. The number of hydrogen-bond donors (Lipinski definition) is 1. The van der Waals surface area contributed by atoms with E-state index in [1.54, 1.807) is 0 Å². The predicted octanol–water partition coefficient (Wildman–Crippen LogP) is 1.67. The summed E-state index contributed by atoms with van der Waals surface area (Å²) in [4.78, 5) is 6.83. The summed E-state index contributed by atoms with van der Waals surface area (Å²) in [5, 5.41) is 3.50. The molecule has 1 N–H and O–H groups in total. The van der Waals surface area contributed by atoms with Gasteiger partial charge >= 0.3 is 0 Å². The van der Waals surface area contributed by atoms with Crippen molar-refractivity contribution in [1.82, 2.24) is 19.8 Å². The van der Waals surface area contributed by atoms with Crippen LogP contribution in [0.25, 0.3) is 0 Å². The third kappa shape index (κ3) is 4.78. The highest BCUT2D eigenvalue weighted by molar-refractivity contribution is 4.91. The molecule has 0 amide bonds. The Bertz CT molecular complexity index is 322. The number of aryl methyl sites for hydroxylation is 1. The number of hydrogen-bond acceptors (Lipinski definition) is 3. The molecule has 18 heavy (non-hydrogen) atoms. The zero-order chi connectivity index (χ0) is 13.5. The van der Waals surface area contributed by atoms with Gasteiger partial charge in [-0.2, -0.15) is 0 Å². The molecule has 4 nitrogen and oxygen atoms in total. The lowest BCUT2D eigenvalue weighted by Crippen LogP contribution is -2.41. The number of imidazole rings is 1. The number of nitrogens with zero attached hydrogens (tertiary/aromatic N) is 3. The second kappa shape index (κ2) is 7.54. The van der Waals surface area contributed by atoms with Gasteiger partial charge in [0.1, 0.15) is 5.82 Å². The minimum Gasteiger partial charge on any atom is -0.338 e. The van der Waals surface area contributed by atoms with Crippen LogP contribution in [0.3, 0.4) is 0 Å². The lowest BCUT2D eigenvalue weighted by atomic mass is 10.2. The summed E-state index contributed by atoms with van der Waals surface area (Å²) in [6, 6.07) is 1.22. The highest BCUT2D eigenvalue weighted by atomic mass is 15.2. The Morgan fingerprint density at radius 1 is 1.22 bits per heavy atom. The summed E-state index contributed by atoms with van der Waals surface area (Å²) in [7, 11) is 2.04. The fourth-order valence-corrected chi connectivity index (χ4v) is 2.28. The molecule has 0 aliphatic rings. The third-order valence-corrected chi connectivity index (χ3v) is 3.32. The maximum atomic E-state index is 4.32. The van der Waals surface area contributed by atoms with Crippen molar-refractivity contribution in [2.45, 2.75) is 46.2 Å². The molecule has 1 aromatic rings. The number of aromatic nitrogens is 2. The monoisotopic (exact) mass is 252 g/mol. The van der Waals surface area contributed by atoms with Crippen molar-refractivity contribution in [3.63, 3.8) is 0 Å². The van der Waals surface area contributed by atoms with Gasteiger partial charge in [0.15, 0.2) is 0 Å². The Morgan fingerprint density at radius 2 is 1.89 bits per heavy atom. The molecule has 0 radical (unpaired) electrons. The van der Waals surface area contributed by atoms with E-state index in [1.807, 2.05) is 19.4 Å². The molecule has 0 unspecified atom stereocenters. The van der Waals surface area contributed by atoms with Crippen molar-refractivity contribution in [3.8, 4) is 0 Å². The first-order valence-electron chi connectivity index (χ1n) is 6.95.